The van der Waals surface area contributed by atoms with Crippen LogP contribution in [-0.4, -0.2) is 13.7 Å². The molecular weight excluding hydrogens is 671 g/mol. The van der Waals surface area contributed by atoms with E-state index in [1.807, 2.05) is 36.4 Å². The van der Waals surface area contributed by atoms with Crippen LogP contribution < -0.4 is 0 Å². The molecule has 0 aliphatic rings. The molecule has 0 saturated carbocycles. The Labute approximate surface area is 316 Å². The minimum absolute atomic E-state index is 0.579. The zero-order valence-electron chi connectivity index (χ0n) is 29.5. The number of hydrogen-bond donors (Lipinski definition) is 0. The number of nitrogens with zero attached hydrogens (tertiary/aromatic N) is 5. The molecule has 0 N–H and O–H groups in total. The summed E-state index contributed by atoms with van der Waals surface area (Å²) in [5, 5.41) is 27.5. The van der Waals surface area contributed by atoms with Gasteiger partial charge >= 0.3 is 0 Å². The van der Waals surface area contributed by atoms with Crippen LogP contribution in [0.1, 0.15) is 11.1 Å². The number of fused-ring (bicyclic) bond motifs is 9. The van der Waals surface area contributed by atoms with Crippen LogP contribution in [0.25, 0.3) is 93.6 Å². The van der Waals surface area contributed by atoms with E-state index in [1.165, 1.54) is 21.5 Å². The van der Waals surface area contributed by atoms with E-state index in [2.05, 4.69) is 165 Å². The molecule has 0 aliphatic heterocycles. The van der Waals surface area contributed by atoms with Gasteiger partial charge in [0.2, 0.25) is 0 Å². The average Bonchev–Trinajstić information content (AvgIpc) is 3.90. The normalized spacial score (nSPS) is 11.6. The van der Waals surface area contributed by atoms with Crippen LogP contribution in [0.15, 0.2) is 176 Å². The predicted octanol–water partition coefficient (Wildman–Crippen LogP) is 12.4. The van der Waals surface area contributed by atoms with Gasteiger partial charge in [-0.2, -0.15) is 10.5 Å². The lowest BCUT2D eigenvalue weighted by atomic mass is 9.98. The second kappa shape index (κ2) is 11.8. The smallest absolute Gasteiger partial charge is 0.101 e. The molecule has 0 radical (unpaired) electrons. The van der Waals surface area contributed by atoms with Crippen LogP contribution in [0.3, 0.4) is 0 Å². The van der Waals surface area contributed by atoms with E-state index in [1.54, 1.807) is 0 Å². The highest BCUT2D eigenvalue weighted by Gasteiger charge is 2.21. The maximum Gasteiger partial charge on any atom is 0.101 e. The Balaban J connectivity index is 1.17. The summed E-state index contributed by atoms with van der Waals surface area (Å²) in [6.45, 7) is 0. The van der Waals surface area contributed by atoms with Crippen LogP contribution in [0, 0.1) is 22.7 Å². The second-order valence-electron chi connectivity index (χ2n) is 14.0. The standard InChI is InChI=1S/C50H29N5/c51-30-33-26-27-36(53-44-21-5-3-17-39(44)41-19-10-13-34(31-52)49(41)53)29-43(33)32-12-9-14-35(28-32)54-45-22-6-4-18-40(45)42-20-11-25-48(50(42)54)55-46-23-7-1-15-37(46)38-16-2-8-24-47(38)55/h1-29H. The van der Waals surface area contributed by atoms with Crippen molar-refractivity contribution in [1.29, 1.82) is 10.5 Å². The van der Waals surface area contributed by atoms with Gasteiger partial charge in [0, 0.05) is 49.3 Å². The van der Waals surface area contributed by atoms with E-state index >= 15 is 0 Å². The summed E-state index contributed by atoms with van der Waals surface area (Å²) in [5.74, 6) is 0. The maximum atomic E-state index is 10.5. The van der Waals surface area contributed by atoms with Crippen molar-refractivity contribution in [2.45, 2.75) is 0 Å². The van der Waals surface area contributed by atoms with Crippen molar-refractivity contribution in [3.8, 4) is 40.3 Å². The van der Waals surface area contributed by atoms with Gasteiger partial charge in [-0.3, -0.25) is 0 Å². The van der Waals surface area contributed by atoms with Crippen molar-refractivity contribution in [2.75, 3.05) is 0 Å². The van der Waals surface area contributed by atoms with Crippen LogP contribution in [0.5, 0.6) is 0 Å². The SMILES string of the molecule is N#Cc1ccc(-n2c3ccccc3c3cccc(C#N)c32)cc1-c1cccc(-n2c3ccccc3c3cccc(-n4c5ccccc5c5ccccc54)c32)c1. The summed E-state index contributed by atoms with van der Waals surface area (Å²) in [7, 11) is 0. The Hall–Kier alpha value is -7.86. The largest absolute Gasteiger partial charge is 0.308 e. The minimum atomic E-state index is 0.579. The molecule has 0 unspecified atom stereocenters. The van der Waals surface area contributed by atoms with Gasteiger partial charge in [0.15, 0.2) is 0 Å². The van der Waals surface area contributed by atoms with Gasteiger partial charge in [-0.1, -0.05) is 109 Å². The Kier molecular flexibility index (Phi) is 6.61. The molecule has 0 spiro atoms. The van der Waals surface area contributed by atoms with E-state index in [-0.39, 0.29) is 0 Å². The molecular formula is C50H29N5. The van der Waals surface area contributed by atoms with Gasteiger partial charge in [-0.25, -0.2) is 0 Å². The molecule has 11 aromatic rings. The lowest BCUT2D eigenvalue weighted by Crippen LogP contribution is -2.01. The molecule has 5 nitrogen and oxygen atoms in total. The van der Waals surface area contributed by atoms with Gasteiger partial charge in [0.25, 0.3) is 0 Å². The molecule has 0 amide bonds. The van der Waals surface area contributed by atoms with Crippen LogP contribution in [0.2, 0.25) is 0 Å². The number of nitriles is 2. The van der Waals surface area contributed by atoms with Gasteiger partial charge < -0.3 is 13.7 Å². The number of para-hydroxylation sites is 6. The Morgan fingerprint density at radius 1 is 0.345 bits per heavy atom. The minimum Gasteiger partial charge on any atom is -0.308 e. The van der Waals surface area contributed by atoms with Crippen molar-refractivity contribution in [3.63, 3.8) is 0 Å². The Bertz CT molecular complexity index is 3420. The van der Waals surface area contributed by atoms with Crippen LogP contribution in [0.4, 0.5) is 0 Å². The van der Waals surface area contributed by atoms with Crippen molar-refractivity contribution >= 4 is 65.4 Å². The first-order valence-electron chi connectivity index (χ1n) is 18.3. The van der Waals surface area contributed by atoms with Crippen molar-refractivity contribution < 1.29 is 0 Å². The summed E-state index contributed by atoms with van der Waals surface area (Å²) in [4.78, 5) is 0. The summed E-state index contributed by atoms with van der Waals surface area (Å²) < 4.78 is 6.92. The number of hydrogen-bond acceptors (Lipinski definition) is 2. The van der Waals surface area contributed by atoms with Crippen molar-refractivity contribution in [3.05, 3.63) is 187 Å². The fraction of sp³-hybridized carbons (Fsp3) is 0. The molecule has 8 aromatic carbocycles. The van der Waals surface area contributed by atoms with E-state index in [0.717, 1.165) is 72.1 Å². The molecule has 11 rings (SSSR count). The summed E-state index contributed by atoms with van der Waals surface area (Å²) in [6, 6.07) is 65.9. The first kappa shape index (κ1) is 30.7. The number of aromatic nitrogens is 3. The third-order valence-corrected chi connectivity index (χ3v) is 11.1. The molecule has 3 heterocycles. The highest BCUT2D eigenvalue weighted by atomic mass is 15.1. The van der Waals surface area contributed by atoms with Gasteiger partial charge in [0.05, 0.1) is 56.0 Å². The average molecular weight is 700 g/mol. The first-order valence-corrected chi connectivity index (χ1v) is 18.3. The number of benzene rings is 8. The van der Waals surface area contributed by atoms with Gasteiger partial charge in [-0.05, 0) is 72.3 Å². The third-order valence-electron chi connectivity index (χ3n) is 11.1. The van der Waals surface area contributed by atoms with Gasteiger partial charge in [-0.15, -0.1) is 0 Å². The maximum absolute atomic E-state index is 10.5. The quantitative estimate of drug-likeness (QED) is 0.184. The summed E-state index contributed by atoms with van der Waals surface area (Å²) in [6.07, 6.45) is 0. The Morgan fingerprint density at radius 2 is 0.818 bits per heavy atom. The molecule has 5 heteroatoms. The fourth-order valence-electron chi connectivity index (χ4n) is 8.83. The first-order chi connectivity index (χ1) is 27.2. The molecule has 0 aliphatic carbocycles. The van der Waals surface area contributed by atoms with Crippen molar-refractivity contribution in [1.82, 2.24) is 13.7 Å². The molecule has 55 heavy (non-hydrogen) atoms. The van der Waals surface area contributed by atoms with Gasteiger partial charge in [0.1, 0.15) is 6.07 Å². The molecule has 0 fully saturated rings. The molecule has 3 aromatic heterocycles. The van der Waals surface area contributed by atoms with E-state index in [4.69, 9.17) is 0 Å². The molecule has 0 atom stereocenters. The summed E-state index contributed by atoms with van der Waals surface area (Å²) in [5.41, 5.74) is 12.3. The predicted molar refractivity (Wildman–Crippen MR) is 224 cm³/mol. The number of rotatable bonds is 4. The molecule has 0 saturated heterocycles. The van der Waals surface area contributed by atoms with E-state index in [0.29, 0.717) is 11.1 Å². The third kappa shape index (κ3) is 4.39. The van der Waals surface area contributed by atoms with E-state index < -0.39 is 0 Å². The fourth-order valence-corrected chi connectivity index (χ4v) is 8.83. The highest BCUT2D eigenvalue weighted by Crippen LogP contribution is 2.41. The highest BCUT2D eigenvalue weighted by molar-refractivity contribution is 6.15. The lowest BCUT2D eigenvalue weighted by Gasteiger charge is -2.16. The van der Waals surface area contributed by atoms with Crippen LogP contribution >= 0.6 is 0 Å². The lowest BCUT2D eigenvalue weighted by molar-refractivity contribution is 1.13. The summed E-state index contributed by atoms with van der Waals surface area (Å²) >= 11 is 0. The monoisotopic (exact) mass is 699 g/mol. The Morgan fingerprint density at radius 3 is 1.44 bits per heavy atom. The topological polar surface area (TPSA) is 62.4 Å². The molecule has 254 valence electrons. The second-order valence-corrected chi connectivity index (χ2v) is 14.0. The molecule has 0 bridgehead atoms. The van der Waals surface area contributed by atoms with Crippen molar-refractivity contribution in [2.24, 2.45) is 0 Å². The van der Waals surface area contributed by atoms with E-state index in [9.17, 15) is 10.5 Å². The zero-order chi connectivity index (χ0) is 36.6. The zero-order valence-corrected chi connectivity index (χ0v) is 29.5. The van der Waals surface area contributed by atoms with Crippen LogP contribution in [-0.2, 0) is 0 Å².